The molecule has 1 atom stereocenters. The predicted molar refractivity (Wildman–Crippen MR) is 116 cm³/mol. The summed E-state index contributed by atoms with van der Waals surface area (Å²) < 4.78 is 28.2. The Hall–Kier alpha value is -2.00. The summed E-state index contributed by atoms with van der Waals surface area (Å²) in [4.78, 5) is 2.14. The van der Waals surface area contributed by atoms with E-state index in [9.17, 15) is 8.42 Å². The second-order valence-corrected chi connectivity index (χ2v) is 10.2. The summed E-state index contributed by atoms with van der Waals surface area (Å²) in [5.41, 5.74) is 1.96. The first-order valence-corrected chi connectivity index (χ1v) is 11.9. The van der Waals surface area contributed by atoms with Gasteiger partial charge in [-0.1, -0.05) is 48.0 Å². The number of aromatic nitrogens is 3. The third-order valence-electron chi connectivity index (χ3n) is 5.09. The molecular formula is C20H21ClN4O2S2. The molecule has 1 fully saturated rings. The van der Waals surface area contributed by atoms with Crippen molar-refractivity contribution >= 4 is 33.7 Å². The molecule has 1 saturated heterocycles. The molecule has 2 aromatic carbocycles. The summed E-state index contributed by atoms with van der Waals surface area (Å²) in [5, 5.41) is 5.08. The van der Waals surface area contributed by atoms with Crippen molar-refractivity contribution in [3.63, 3.8) is 0 Å². The predicted octanol–water partition coefficient (Wildman–Crippen LogP) is 3.70. The highest BCUT2D eigenvalue weighted by atomic mass is 35.5. The Morgan fingerprint density at radius 1 is 1.17 bits per heavy atom. The lowest BCUT2D eigenvalue weighted by atomic mass is 10.1. The summed E-state index contributed by atoms with van der Waals surface area (Å²) in [6, 6.07) is 17.4. The van der Waals surface area contributed by atoms with Gasteiger partial charge in [-0.25, -0.2) is 13.1 Å². The van der Waals surface area contributed by atoms with Crippen molar-refractivity contribution in [1.29, 1.82) is 0 Å². The Labute approximate surface area is 180 Å². The van der Waals surface area contributed by atoms with Gasteiger partial charge in [0.25, 0.3) is 0 Å². The first-order valence-electron chi connectivity index (χ1n) is 9.30. The second-order valence-electron chi connectivity index (χ2n) is 7.19. The topological polar surface area (TPSA) is 60.1 Å². The molecular weight excluding hydrogens is 428 g/mol. The number of hydrogen-bond acceptors (Lipinski definition) is 5. The first kappa shape index (κ1) is 20.3. The Morgan fingerprint density at radius 2 is 1.97 bits per heavy atom. The van der Waals surface area contributed by atoms with Crippen molar-refractivity contribution in [2.45, 2.75) is 25.7 Å². The van der Waals surface area contributed by atoms with Crippen LogP contribution in [0.15, 0.2) is 60.9 Å². The van der Waals surface area contributed by atoms with Crippen LogP contribution in [0.3, 0.4) is 0 Å². The van der Waals surface area contributed by atoms with Crippen LogP contribution in [0, 0.1) is 4.77 Å². The summed E-state index contributed by atoms with van der Waals surface area (Å²) in [5.74, 6) is 0.396. The van der Waals surface area contributed by atoms with Crippen LogP contribution in [-0.4, -0.2) is 45.2 Å². The van der Waals surface area contributed by atoms with Gasteiger partial charge in [0, 0.05) is 17.6 Å². The maximum atomic E-state index is 12.1. The van der Waals surface area contributed by atoms with E-state index in [2.05, 4.69) is 10.00 Å². The monoisotopic (exact) mass is 448 g/mol. The number of sulfone groups is 1. The van der Waals surface area contributed by atoms with Gasteiger partial charge in [-0.2, -0.15) is 5.10 Å². The third-order valence-corrected chi connectivity index (χ3v) is 7.48. The van der Waals surface area contributed by atoms with E-state index in [1.165, 1.54) is 0 Å². The fourth-order valence-electron chi connectivity index (χ4n) is 3.59. The molecule has 2 heterocycles. The fourth-order valence-corrected chi connectivity index (χ4v) is 5.79. The standard InChI is InChI=1S/C20H21ClN4O2S2/c21-17-7-4-8-18(11-17)24-14-22-25(20(24)28)15-23(12-16-5-2-1-3-6-16)19-9-10-29(26,27)13-19/h1-8,11,14,19H,9-10,12-13,15H2/t19-/m0/s1. The zero-order chi connectivity index (χ0) is 20.4. The number of nitrogens with zero attached hydrogens (tertiary/aromatic N) is 4. The minimum atomic E-state index is -2.99. The van der Waals surface area contributed by atoms with E-state index in [1.807, 2.05) is 48.5 Å². The molecule has 0 aliphatic carbocycles. The van der Waals surface area contributed by atoms with Crippen LogP contribution in [0.2, 0.25) is 5.02 Å². The van der Waals surface area contributed by atoms with E-state index in [0.717, 1.165) is 11.3 Å². The molecule has 1 aliphatic rings. The average molecular weight is 449 g/mol. The molecule has 0 radical (unpaired) electrons. The van der Waals surface area contributed by atoms with Crippen molar-refractivity contribution in [2.75, 3.05) is 11.5 Å². The lowest BCUT2D eigenvalue weighted by molar-refractivity contribution is 0.146. The zero-order valence-electron chi connectivity index (χ0n) is 15.7. The highest BCUT2D eigenvalue weighted by Crippen LogP contribution is 2.21. The minimum Gasteiger partial charge on any atom is -0.276 e. The van der Waals surface area contributed by atoms with Crippen molar-refractivity contribution in [3.8, 4) is 5.69 Å². The molecule has 1 aromatic heterocycles. The molecule has 29 heavy (non-hydrogen) atoms. The quantitative estimate of drug-likeness (QED) is 0.538. The smallest absolute Gasteiger partial charge is 0.203 e. The molecule has 0 unspecified atom stereocenters. The first-order chi connectivity index (χ1) is 13.9. The van der Waals surface area contributed by atoms with E-state index in [4.69, 9.17) is 23.8 Å². The lowest BCUT2D eigenvalue weighted by Gasteiger charge is -2.27. The van der Waals surface area contributed by atoms with Crippen molar-refractivity contribution < 1.29 is 8.42 Å². The van der Waals surface area contributed by atoms with Gasteiger partial charge in [-0.15, -0.1) is 0 Å². The van der Waals surface area contributed by atoms with Crippen LogP contribution < -0.4 is 0 Å². The zero-order valence-corrected chi connectivity index (χ0v) is 18.1. The Morgan fingerprint density at radius 3 is 2.66 bits per heavy atom. The maximum absolute atomic E-state index is 12.1. The van der Waals surface area contributed by atoms with Crippen LogP contribution in [0.25, 0.3) is 5.69 Å². The maximum Gasteiger partial charge on any atom is 0.203 e. The van der Waals surface area contributed by atoms with Crippen LogP contribution in [0.5, 0.6) is 0 Å². The molecule has 6 nitrogen and oxygen atoms in total. The summed E-state index contributed by atoms with van der Waals surface area (Å²) in [7, 11) is -2.99. The van der Waals surface area contributed by atoms with Crippen LogP contribution in [-0.2, 0) is 23.1 Å². The van der Waals surface area contributed by atoms with E-state index in [0.29, 0.717) is 29.4 Å². The Balaban J connectivity index is 1.62. The lowest BCUT2D eigenvalue weighted by Crippen LogP contribution is -2.37. The molecule has 9 heteroatoms. The van der Waals surface area contributed by atoms with Crippen molar-refractivity contribution in [3.05, 3.63) is 76.3 Å². The third kappa shape index (κ3) is 4.78. The van der Waals surface area contributed by atoms with Gasteiger partial charge in [0.15, 0.2) is 9.84 Å². The summed E-state index contributed by atoms with van der Waals surface area (Å²) in [6.07, 6.45) is 2.29. The van der Waals surface area contributed by atoms with Gasteiger partial charge >= 0.3 is 0 Å². The van der Waals surface area contributed by atoms with E-state index in [1.54, 1.807) is 21.6 Å². The van der Waals surface area contributed by atoms with Gasteiger partial charge in [-0.05, 0) is 42.4 Å². The molecule has 4 rings (SSSR count). The molecule has 3 aromatic rings. The molecule has 0 bridgehead atoms. The summed E-state index contributed by atoms with van der Waals surface area (Å²) in [6.45, 7) is 1.05. The van der Waals surface area contributed by atoms with E-state index < -0.39 is 9.84 Å². The fraction of sp³-hybridized carbons (Fsp3) is 0.300. The van der Waals surface area contributed by atoms with E-state index >= 15 is 0 Å². The van der Waals surface area contributed by atoms with Crippen LogP contribution in [0.1, 0.15) is 12.0 Å². The normalized spacial score (nSPS) is 18.3. The number of halogens is 1. The van der Waals surface area contributed by atoms with Crippen LogP contribution in [0.4, 0.5) is 0 Å². The molecule has 0 saturated carbocycles. The molecule has 1 aliphatic heterocycles. The summed E-state index contributed by atoms with van der Waals surface area (Å²) >= 11 is 11.7. The minimum absolute atomic E-state index is 0.0570. The highest BCUT2D eigenvalue weighted by Gasteiger charge is 2.32. The number of benzene rings is 2. The largest absolute Gasteiger partial charge is 0.276 e. The average Bonchev–Trinajstić information content (AvgIpc) is 3.24. The Kier molecular flexibility index (Phi) is 5.87. The SMILES string of the molecule is O=S1(=O)CC[C@H](N(Cc2ccccc2)Cn2ncn(-c3cccc(Cl)c3)c2=S)C1. The number of hydrogen-bond donors (Lipinski definition) is 0. The second kappa shape index (κ2) is 8.39. The molecule has 0 amide bonds. The van der Waals surface area contributed by atoms with Gasteiger partial charge in [-0.3, -0.25) is 9.47 Å². The molecule has 0 N–H and O–H groups in total. The molecule has 152 valence electrons. The van der Waals surface area contributed by atoms with Crippen molar-refractivity contribution in [1.82, 2.24) is 19.2 Å². The van der Waals surface area contributed by atoms with Crippen LogP contribution >= 0.6 is 23.8 Å². The van der Waals surface area contributed by atoms with E-state index in [-0.39, 0.29) is 17.5 Å². The van der Waals surface area contributed by atoms with Gasteiger partial charge in [0.1, 0.15) is 6.33 Å². The highest BCUT2D eigenvalue weighted by molar-refractivity contribution is 7.91. The number of rotatable bonds is 6. The Bertz CT molecular complexity index is 1160. The van der Waals surface area contributed by atoms with Gasteiger partial charge < -0.3 is 0 Å². The van der Waals surface area contributed by atoms with Gasteiger partial charge in [0.05, 0.1) is 23.9 Å². The van der Waals surface area contributed by atoms with Gasteiger partial charge in [0.2, 0.25) is 4.77 Å². The van der Waals surface area contributed by atoms with Crippen molar-refractivity contribution in [2.24, 2.45) is 0 Å². The molecule has 0 spiro atoms.